The summed E-state index contributed by atoms with van der Waals surface area (Å²) in [7, 11) is 0. The molecule has 0 aromatic heterocycles. The van der Waals surface area contributed by atoms with Crippen LogP contribution in [0.15, 0.2) is 12.2 Å². The normalized spacial score (nSPS) is 40.9. The summed E-state index contributed by atoms with van der Waals surface area (Å²) >= 11 is 0. The van der Waals surface area contributed by atoms with Crippen LogP contribution in [-0.2, 0) is 0 Å². The summed E-state index contributed by atoms with van der Waals surface area (Å²) in [5.41, 5.74) is 0. The summed E-state index contributed by atoms with van der Waals surface area (Å²) in [5.74, 6) is 1.90. The standard InChI is InChI=1S/C14H23N/c1-2-4-8-12(7-3-1)15-14-10-11-6-5-9-13(11)14/h5,9,11-15H,1-4,6-8,10H2. The number of rotatable bonds is 2. The highest BCUT2D eigenvalue weighted by Gasteiger charge is 2.41. The Kier molecular flexibility index (Phi) is 2.83. The van der Waals surface area contributed by atoms with Crippen molar-refractivity contribution in [3.8, 4) is 0 Å². The second kappa shape index (κ2) is 4.29. The monoisotopic (exact) mass is 205 g/mol. The quantitative estimate of drug-likeness (QED) is 0.539. The fraction of sp³-hybridized carbons (Fsp3) is 0.857. The average Bonchev–Trinajstić information content (AvgIpc) is 2.47. The van der Waals surface area contributed by atoms with Crippen LogP contribution in [0.5, 0.6) is 0 Å². The molecule has 84 valence electrons. The molecule has 1 N–H and O–H groups in total. The van der Waals surface area contributed by atoms with Gasteiger partial charge in [0.2, 0.25) is 0 Å². The van der Waals surface area contributed by atoms with E-state index in [9.17, 15) is 0 Å². The third-order valence-corrected chi connectivity index (χ3v) is 4.67. The first-order valence-electron chi connectivity index (χ1n) is 6.86. The molecule has 15 heavy (non-hydrogen) atoms. The van der Waals surface area contributed by atoms with Gasteiger partial charge in [0.1, 0.15) is 0 Å². The maximum atomic E-state index is 3.92. The van der Waals surface area contributed by atoms with Gasteiger partial charge in [0, 0.05) is 12.1 Å². The third-order valence-electron chi connectivity index (χ3n) is 4.67. The number of nitrogens with one attached hydrogen (secondary N) is 1. The molecule has 0 aromatic carbocycles. The molecule has 1 nitrogen and oxygen atoms in total. The molecule has 3 rings (SSSR count). The van der Waals surface area contributed by atoms with Crippen LogP contribution >= 0.6 is 0 Å². The lowest BCUT2D eigenvalue weighted by atomic mass is 9.71. The zero-order chi connectivity index (χ0) is 10.1. The molecule has 0 aromatic rings. The lowest BCUT2D eigenvalue weighted by Crippen LogP contribution is -2.51. The molecule has 3 unspecified atom stereocenters. The van der Waals surface area contributed by atoms with Gasteiger partial charge in [0.05, 0.1) is 0 Å². The first-order valence-corrected chi connectivity index (χ1v) is 6.86. The molecule has 2 saturated carbocycles. The number of fused-ring (bicyclic) bond motifs is 1. The smallest absolute Gasteiger partial charge is 0.0138 e. The van der Waals surface area contributed by atoms with Gasteiger partial charge >= 0.3 is 0 Å². The minimum Gasteiger partial charge on any atom is -0.311 e. The van der Waals surface area contributed by atoms with Crippen LogP contribution in [0.25, 0.3) is 0 Å². The van der Waals surface area contributed by atoms with E-state index in [1.54, 1.807) is 0 Å². The molecule has 0 heterocycles. The van der Waals surface area contributed by atoms with Crippen molar-refractivity contribution in [1.82, 2.24) is 5.32 Å². The molecule has 1 heteroatoms. The Morgan fingerprint density at radius 3 is 2.53 bits per heavy atom. The van der Waals surface area contributed by atoms with E-state index in [2.05, 4.69) is 17.5 Å². The van der Waals surface area contributed by atoms with Gasteiger partial charge in [-0.05, 0) is 37.5 Å². The number of hydrogen-bond acceptors (Lipinski definition) is 1. The van der Waals surface area contributed by atoms with Crippen LogP contribution in [0.3, 0.4) is 0 Å². The van der Waals surface area contributed by atoms with Crippen molar-refractivity contribution in [2.24, 2.45) is 11.8 Å². The van der Waals surface area contributed by atoms with Crippen molar-refractivity contribution in [2.45, 2.75) is 63.5 Å². The average molecular weight is 205 g/mol. The molecule has 0 radical (unpaired) electrons. The molecule has 0 saturated heterocycles. The highest BCUT2D eigenvalue weighted by molar-refractivity contribution is 5.13. The highest BCUT2D eigenvalue weighted by Crippen LogP contribution is 2.43. The number of hydrogen-bond donors (Lipinski definition) is 1. The molecule has 0 aliphatic heterocycles. The molecule has 0 amide bonds. The van der Waals surface area contributed by atoms with Gasteiger partial charge in [0.25, 0.3) is 0 Å². The fourth-order valence-corrected chi connectivity index (χ4v) is 3.66. The fourth-order valence-electron chi connectivity index (χ4n) is 3.66. The Morgan fingerprint density at radius 1 is 1.00 bits per heavy atom. The van der Waals surface area contributed by atoms with Crippen molar-refractivity contribution in [2.75, 3.05) is 0 Å². The lowest BCUT2D eigenvalue weighted by Gasteiger charge is -2.42. The molecule has 2 fully saturated rings. The molecular formula is C14H23N. The predicted octanol–water partition coefficient (Wildman–Crippen LogP) is 3.26. The van der Waals surface area contributed by atoms with Crippen molar-refractivity contribution in [1.29, 1.82) is 0 Å². The van der Waals surface area contributed by atoms with Crippen molar-refractivity contribution < 1.29 is 0 Å². The second-order valence-corrected chi connectivity index (χ2v) is 5.70. The van der Waals surface area contributed by atoms with E-state index in [1.165, 1.54) is 51.4 Å². The van der Waals surface area contributed by atoms with Gasteiger partial charge in [-0.15, -0.1) is 0 Å². The van der Waals surface area contributed by atoms with Gasteiger partial charge < -0.3 is 5.32 Å². The predicted molar refractivity (Wildman–Crippen MR) is 63.8 cm³/mol. The van der Waals surface area contributed by atoms with Gasteiger partial charge in [-0.25, -0.2) is 0 Å². The van der Waals surface area contributed by atoms with Crippen molar-refractivity contribution in [3.05, 3.63) is 12.2 Å². The van der Waals surface area contributed by atoms with E-state index in [4.69, 9.17) is 0 Å². The second-order valence-electron chi connectivity index (χ2n) is 5.70. The summed E-state index contributed by atoms with van der Waals surface area (Å²) in [4.78, 5) is 0. The van der Waals surface area contributed by atoms with E-state index in [0.717, 1.165) is 23.9 Å². The van der Waals surface area contributed by atoms with Crippen LogP contribution in [0.4, 0.5) is 0 Å². The minimum atomic E-state index is 0.830. The van der Waals surface area contributed by atoms with Gasteiger partial charge in [0.15, 0.2) is 0 Å². The van der Waals surface area contributed by atoms with Crippen LogP contribution < -0.4 is 5.32 Å². The highest BCUT2D eigenvalue weighted by atomic mass is 15.0. The van der Waals surface area contributed by atoms with Gasteiger partial charge in [-0.2, -0.15) is 0 Å². The topological polar surface area (TPSA) is 12.0 Å². The Bertz CT molecular complexity index is 238. The molecular weight excluding hydrogens is 182 g/mol. The van der Waals surface area contributed by atoms with E-state index < -0.39 is 0 Å². The number of allylic oxidation sites excluding steroid dienone is 1. The van der Waals surface area contributed by atoms with Gasteiger partial charge in [-0.3, -0.25) is 0 Å². The molecule has 0 bridgehead atoms. The van der Waals surface area contributed by atoms with E-state index in [1.807, 2.05) is 0 Å². The zero-order valence-corrected chi connectivity index (χ0v) is 9.62. The summed E-state index contributed by atoms with van der Waals surface area (Å²) in [6.45, 7) is 0. The Labute approximate surface area is 93.3 Å². The SMILES string of the molecule is C1=CC2C(C1)CC2NC1CCCCCC1. The van der Waals surface area contributed by atoms with E-state index in [0.29, 0.717) is 0 Å². The Morgan fingerprint density at radius 2 is 1.80 bits per heavy atom. The van der Waals surface area contributed by atoms with Crippen molar-refractivity contribution in [3.63, 3.8) is 0 Å². The van der Waals surface area contributed by atoms with Crippen LogP contribution in [-0.4, -0.2) is 12.1 Å². The first-order chi connectivity index (χ1) is 7.43. The molecule has 3 aliphatic carbocycles. The maximum Gasteiger partial charge on any atom is 0.0138 e. The zero-order valence-electron chi connectivity index (χ0n) is 9.62. The minimum absolute atomic E-state index is 0.830. The van der Waals surface area contributed by atoms with Gasteiger partial charge in [-0.1, -0.05) is 37.8 Å². The van der Waals surface area contributed by atoms with Crippen LogP contribution in [0, 0.1) is 11.8 Å². The maximum absolute atomic E-state index is 3.92. The van der Waals surface area contributed by atoms with E-state index >= 15 is 0 Å². The molecule has 3 aliphatic rings. The Hall–Kier alpha value is -0.300. The summed E-state index contributed by atoms with van der Waals surface area (Å²) < 4.78 is 0. The lowest BCUT2D eigenvalue weighted by molar-refractivity contribution is 0.146. The first kappa shape index (κ1) is 9.89. The van der Waals surface area contributed by atoms with E-state index in [-0.39, 0.29) is 0 Å². The summed E-state index contributed by atoms with van der Waals surface area (Å²) in [6, 6.07) is 1.67. The Balaban J connectivity index is 1.50. The summed E-state index contributed by atoms with van der Waals surface area (Å²) in [5, 5.41) is 3.92. The van der Waals surface area contributed by atoms with Crippen molar-refractivity contribution >= 4 is 0 Å². The molecule has 3 atom stereocenters. The largest absolute Gasteiger partial charge is 0.311 e. The third kappa shape index (κ3) is 1.99. The summed E-state index contributed by atoms with van der Waals surface area (Å²) in [6.07, 6.45) is 16.3. The van der Waals surface area contributed by atoms with Crippen LogP contribution in [0.1, 0.15) is 51.4 Å². The molecule has 0 spiro atoms. The van der Waals surface area contributed by atoms with Crippen LogP contribution in [0.2, 0.25) is 0 Å².